The van der Waals surface area contributed by atoms with E-state index in [1.54, 1.807) is 0 Å². The van der Waals surface area contributed by atoms with Crippen molar-refractivity contribution in [3.8, 4) is 45.0 Å². The summed E-state index contributed by atoms with van der Waals surface area (Å²) in [7, 11) is 0. The molecule has 0 aliphatic heterocycles. The number of thiophene rings is 1. The van der Waals surface area contributed by atoms with Crippen LogP contribution in [0.1, 0.15) is 0 Å². The monoisotopic (exact) mass is 641 g/mol. The molecule has 0 unspecified atom stereocenters. The summed E-state index contributed by atoms with van der Waals surface area (Å²) in [6.45, 7) is 0. The third-order valence-corrected chi connectivity index (χ3v) is 10.7. The largest absolute Gasteiger partial charge is 0.247 e. The lowest BCUT2D eigenvalue weighted by atomic mass is 9.93. The predicted molar refractivity (Wildman–Crippen MR) is 207 cm³/mol. The molecule has 0 spiro atoms. The van der Waals surface area contributed by atoms with Gasteiger partial charge in [-0.1, -0.05) is 140 Å². The van der Waals surface area contributed by atoms with E-state index in [-0.39, 0.29) is 0 Å². The first-order valence-electron chi connectivity index (χ1n) is 16.5. The molecule has 0 aliphatic rings. The van der Waals surface area contributed by atoms with Crippen molar-refractivity contribution in [2.75, 3.05) is 0 Å². The lowest BCUT2D eigenvalue weighted by Gasteiger charge is -2.15. The van der Waals surface area contributed by atoms with Gasteiger partial charge < -0.3 is 0 Å². The molecule has 10 rings (SSSR count). The zero-order valence-corrected chi connectivity index (χ0v) is 27.2. The van der Waals surface area contributed by atoms with E-state index in [1.165, 1.54) is 36.7 Å². The maximum atomic E-state index is 5.41. The highest BCUT2D eigenvalue weighted by molar-refractivity contribution is 7.26. The Hall–Kier alpha value is -6.23. The first kappa shape index (κ1) is 27.8. The molecule has 0 atom stereocenters. The molecule has 0 bridgehead atoms. The number of benzene rings is 7. The summed E-state index contributed by atoms with van der Waals surface area (Å²) < 4.78 is 2.43. The van der Waals surface area contributed by atoms with Crippen molar-refractivity contribution in [2.24, 2.45) is 0 Å². The number of hydrogen-bond donors (Lipinski definition) is 0. The van der Waals surface area contributed by atoms with Crippen LogP contribution in [0.15, 0.2) is 164 Å². The second kappa shape index (κ2) is 11.2. The van der Waals surface area contributed by atoms with E-state index in [9.17, 15) is 0 Å². The van der Waals surface area contributed by atoms with E-state index in [2.05, 4.69) is 158 Å². The fraction of sp³-hybridized carbons (Fsp3) is 0. The van der Waals surface area contributed by atoms with Crippen LogP contribution in [0.5, 0.6) is 0 Å². The van der Waals surface area contributed by atoms with Gasteiger partial charge in [-0.15, -0.1) is 11.3 Å². The molecule has 0 aliphatic carbocycles. The predicted octanol–water partition coefficient (Wildman–Crippen LogP) is 12.4. The van der Waals surface area contributed by atoms with E-state index in [1.807, 2.05) is 17.4 Å². The summed E-state index contributed by atoms with van der Waals surface area (Å²) >= 11 is 1.81. The SMILES string of the molecule is c1ccc(-c2ccc(-c3nc(-c4cc5c(-c6ccccc6)nc6ccccc6c5c5c4sc4ccccc45)nc4ccccc34)cc2)cc1. The average Bonchev–Trinajstić information content (AvgIpc) is 3.57. The molecule has 0 radical (unpaired) electrons. The second-order valence-corrected chi connectivity index (χ2v) is 13.4. The molecule has 0 N–H and O–H groups in total. The first-order valence-corrected chi connectivity index (χ1v) is 17.3. The first-order chi connectivity index (χ1) is 24.3. The van der Waals surface area contributed by atoms with Crippen LogP contribution in [0.2, 0.25) is 0 Å². The van der Waals surface area contributed by atoms with Crippen LogP contribution in [-0.4, -0.2) is 15.0 Å². The maximum Gasteiger partial charge on any atom is 0.161 e. The molecule has 3 nitrogen and oxygen atoms in total. The van der Waals surface area contributed by atoms with Gasteiger partial charge in [0.05, 0.1) is 22.4 Å². The van der Waals surface area contributed by atoms with Crippen molar-refractivity contribution in [2.45, 2.75) is 0 Å². The summed E-state index contributed by atoms with van der Waals surface area (Å²) in [6, 6.07) is 57.6. The van der Waals surface area contributed by atoms with Gasteiger partial charge in [0.25, 0.3) is 0 Å². The number of pyridine rings is 1. The van der Waals surface area contributed by atoms with Crippen molar-refractivity contribution in [1.29, 1.82) is 0 Å². The molecule has 3 aromatic heterocycles. The minimum Gasteiger partial charge on any atom is -0.247 e. The van der Waals surface area contributed by atoms with Gasteiger partial charge >= 0.3 is 0 Å². The summed E-state index contributed by atoms with van der Waals surface area (Å²) in [5, 5.41) is 6.97. The molecule has 4 heteroatoms. The summed E-state index contributed by atoms with van der Waals surface area (Å²) in [5.41, 5.74) is 9.33. The number of rotatable bonds is 4. The number of nitrogens with zero attached hydrogens (tertiary/aromatic N) is 3. The zero-order valence-electron chi connectivity index (χ0n) is 26.3. The van der Waals surface area contributed by atoms with Crippen LogP contribution in [0, 0.1) is 0 Å². The number of hydrogen-bond acceptors (Lipinski definition) is 4. The smallest absolute Gasteiger partial charge is 0.161 e. The lowest BCUT2D eigenvalue weighted by Crippen LogP contribution is -1.97. The molecule has 228 valence electrons. The van der Waals surface area contributed by atoms with Gasteiger partial charge in [-0.3, -0.25) is 0 Å². The minimum atomic E-state index is 0.714. The molecular formula is C45H27N3S. The highest BCUT2D eigenvalue weighted by atomic mass is 32.1. The van der Waals surface area contributed by atoms with E-state index < -0.39 is 0 Å². The summed E-state index contributed by atoms with van der Waals surface area (Å²) in [6.07, 6.45) is 0. The summed E-state index contributed by atoms with van der Waals surface area (Å²) in [5.74, 6) is 0.714. The molecule has 7 aromatic carbocycles. The quantitative estimate of drug-likeness (QED) is 0.180. The third kappa shape index (κ3) is 4.53. The van der Waals surface area contributed by atoms with Crippen LogP contribution in [0.25, 0.3) is 97.8 Å². The highest BCUT2D eigenvalue weighted by Crippen LogP contribution is 2.47. The Balaban J connectivity index is 1.30. The summed E-state index contributed by atoms with van der Waals surface area (Å²) in [4.78, 5) is 16.0. The van der Waals surface area contributed by atoms with Gasteiger partial charge in [0.2, 0.25) is 0 Å². The van der Waals surface area contributed by atoms with Crippen molar-refractivity contribution in [3.63, 3.8) is 0 Å². The zero-order chi connectivity index (χ0) is 32.3. The molecule has 10 aromatic rings. The Morgan fingerprint density at radius 1 is 0.367 bits per heavy atom. The molecule has 3 heterocycles. The molecule has 49 heavy (non-hydrogen) atoms. The van der Waals surface area contributed by atoms with Gasteiger partial charge in [-0.05, 0) is 35.4 Å². The van der Waals surface area contributed by atoms with Gasteiger partial charge in [0, 0.05) is 58.4 Å². The third-order valence-electron chi connectivity index (χ3n) is 9.47. The average molecular weight is 642 g/mol. The van der Waals surface area contributed by atoms with E-state index in [0.717, 1.165) is 55.3 Å². The van der Waals surface area contributed by atoms with Crippen molar-refractivity contribution in [1.82, 2.24) is 15.0 Å². The minimum absolute atomic E-state index is 0.714. The number of para-hydroxylation sites is 2. The van der Waals surface area contributed by atoms with Crippen LogP contribution in [0.4, 0.5) is 0 Å². The van der Waals surface area contributed by atoms with Crippen molar-refractivity contribution in [3.05, 3.63) is 164 Å². The number of aromatic nitrogens is 3. The van der Waals surface area contributed by atoms with Gasteiger partial charge in [0.15, 0.2) is 5.82 Å². The molecular weight excluding hydrogens is 615 g/mol. The Morgan fingerprint density at radius 3 is 1.65 bits per heavy atom. The molecule has 0 saturated carbocycles. The Morgan fingerprint density at radius 2 is 0.898 bits per heavy atom. The lowest BCUT2D eigenvalue weighted by molar-refractivity contribution is 1.24. The van der Waals surface area contributed by atoms with Crippen LogP contribution < -0.4 is 0 Å². The van der Waals surface area contributed by atoms with Crippen LogP contribution in [-0.2, 0) is 0 Å². The van der Waals surface area contributed by atoms with E-state index >= 15 is 0 Å². The number of fused-ring (bicyclic) bond motifs is 8. The standard InChI is InChI=1S/C45H27N3S/c1-3-13-28(14-4-1)29-23-25-31(26-24-29)42-33-18-8-11-21-38(33)47-45(48-42)36-27-35-40(41-34-19-9-12-22-39(34)49-44(36)41)32-17-7-10-20-37(32)46-43(35)30-15-5-2-6-16-30/h1-27H. The topological polar surface area (TPSA) is 38.7 Å². The van der Waals surface area contributed by atoms with Crippen LogP contribution in [0.3, 0.4) is 0 Å². The maximum absolute atomic E-state index is 5.41. The molecule has 0 amide bonds. The highest BCUT2D eigenvalue weighted by Gasteiger charge is 2.22. The van der Waals surface area contributed by atoms with Gasteiger partial charge in [0.1, 0.15) is 0 Å². The van der Waals surface area contributed by atoms with E-state index in [0.29, 0.717) is 5.82 Å². The molecule has 0 fully saturated rings. The van der Waals surface area contributed by atoms with Crippen LogP contribution >= 0.6 is 11.3 Å². The molecule has 0 saturated heterocycles. The fourth-order valence-corrected chi connectivity index (χ4v) is 8.40. The fourth-order valence-electron chi connectivity index (χ4n) is 7.18. The van der Waals surface area contributed by atoms with Gasteiger partial charge in [-0.25, -0.2) is 15.0 Å². The Kier molecular flexibility index (Phi) is 6.36. The van der Waals surface area contributed by atoms with Gasteiger partial charge in [-0.2, -0.15) is 0 Å². The second-order valence-electron chi connectivity index (χ2n) is 12.3. The van der Waals surface area contributed by atoms with Crippen molar-refractivity contribution < 1.29 is 0 Å². The van der Waals surface area contributed by atoms with E-state index in [4.69, 9.17) is 15.0 Å². The Labute approximate surface area is 286 Å². The Bertz CT molecular complexity index is 2860. The normalized spacial score (nSPS) is 11.7. The van der Waals surface area contributed by atoms with Crippen molar-refractivity contribution >= 4 is 64.1 Å².